The molecule has 0 atom stereocenters. The van der Waals surface area contributed by atoms with Crippen LogP contribution in [0.15, 0.2) is 17.0 Å². The van der Waals surface area contributed by atoms with Crippen molar-refractivity contribution in [3.63, 3.8) is 0 Å². The first-order valence-electron chi connectivity index (χ1n) is 4.14. The predicted octanol–water partition coefficient (Wildman–Crippen LogP) is 2.82. The molecule has 1 aromatic heterocycles. The zero-order valence-electron chi connectivity index (χ0n) is 7.74. The number of benzene rings is 1. The van der Waals surface area contributed by atoms with E-state index in [0.29, 0.717) is 10.9 Å². The van der Waals surface area contributed by atoms with Gasteiger partial charge in [-0.25, -0.2) is 4.79 Å². The summed E-state index contributed by atoms with van der Waals surface area (Å²) in [5.41, 5.74) is 1.65. The Kier molecular flexibility index (Phi) is 2.58. The van der Waals surface area contributed by atoms with Gasteiger partial charge >= 0.3 is 5.97 Å². The largest absolute Gasteiger partial charge is 0.476 e. The van der Waals surface area contributed by atoms with E-state index in [0.717, 1.165) is 21.4 Å². The number of rotatable bonds is 2. The lowest BCUT2D eigenvalue weighted by Gasteiger charge is -1.99. The molecule has 15 heavy (non-hydrogen) atoms. The van der Waals surface area contributed by atoms with Crippen molar-refractivity contribution in [2.24, 2.45) is 0 Å². The molecule has 0 aliphatic rings. The van der Waals surface area contributed by atoms with Crippen LogP contribution < -0.4 is 0 Å². The molecule has 1 heterocycles. The summed E-state index contributed by atoms with van der Waals surface area (Å²) in [4.78, 5) is 11.6. The van der Waals surface area contributed by atoms with Crippen molar-refractivity contribution in [3.05, 3.63) is 23.4 Å². The van der Waals surface area contributed by atoms with Gasteiger partial charge in [-0.05, 0) is 46.3 Å². The van der Waals surface area contributed by atoms with Crippen LogP contribution in [0.25, 0.3) is 10.9 Å². The number of aromatic amines is 1. The molecule has 0 saturated heterocycles. The Balaban J connectivity index is 2.80. The fourth-order valence-corrected chi connectivity index (χ4v) is 2.28. The summed E-state index contributed by atoms with van der Waals surface area (Å²) >= 11 is 0. The second-order valence-electron chi connectivity index (χ2n) is 3.14. The molecule has 0 amide bonds. The highest BCUT2D eigenvalue weighted by Gasteiger charge is 2.15. The van der Waals surface area contributed by atoms with Crippen molar-refractivity contribution >= 4 is 38.5 Å². The van der Waals surface area contributed by atoms with E-state index in [4.69, 9.17) is 15.8 Å². The second kappa shape index (κ2) is 3.75. The average Bonchev–Trinajstić information content (AvgIpc) is 2.59. The van der Waals surface area contributed by atoms with Gasteiger partial charge in [-0.2, -0.15) is 5.10 Å². The third-order valence-electron chi connectivity index (χ3n) is 2.07. The minimum Gasteiger partial charge on any atom is -0.476 e. The summed E-state index contributed by atoms with van der Waals surface area (Å²) < 4.78 is 0. The molecule has 2 aromatic rings. The SMILES string of the molecule is Cc1cc(SCl)c2[nH]nc(C(=O)O)c2c1. The summed E-state index contributed by atoms with van der Waals surface area (Å²) in [6.45, 7) is 1.88. The van der Waals surface area contributed by atoms with Crippen molar-refractivity contribution in [1.29, 1.82) is 0 Å². The molecule has 1 aromatic carbocycles. The van der Waals surface area contributed by atoms with E-state index in [1.807, 2.05) is 13.0 Å². The van der Waals surface area contributed by atoms with E-state index in [9.17, 15) is 4.79 Å². The Morgan fingerprint density at radius 3 is 2.93 bits per heavy atom. The number of nitrogens with zero attached hydrogens (tertiary/aromatic N) is 1. The standard InChI is InChI=1S/C9H7ClN2O2S/c1-4-2-5-7(6(3-4)15-10)11-12-8(5)9(13)14/h2-3H,1H3,(H,11,12)(H,13,14). The molecule has 6 heteroatoms. The van der Waals surface area contributed by atoms with E-state index in [1.54, 1.807) is 6.07 Å². The Labute approximate surface area is 94.1 Å². The summed E-state index contributed by atoms with van der Waals surface area (Å²) in [6.07, 6.45) is 0. The quantitative estimate of drug-likeness (QED) is 0.850. The number of halogens is 1. The van der Waals surface area contributed by atoms with E-state index in [2.05, 4.69) is 10.2 Å². The first kappa shape index (κ1) is 10.3. The fraction of sp³-hybridized carbons (Fsp3) is 0.111. The number of aromatic nitrogens is 2. The van der Waals surface area contributed by atoms with Crippen LogP contribution in [0.1, 0.15) is 16.1 Å². The minimum absolute atomic E-state index is 0.0284. The lowest BCUT2D eigenvalue weighted by Crippen LogP contribution is -1.96. The number of fused-ring (bicyclic) bond motifs is 1. The van der Waals surface area contributed by atoms with E-state index in [1.165, 1.54) is 0 Å². The van der Waals surface area contributed by atoms with Crippen LogP contribution in [-0.2, 0) is 0 Å². The molecule has 2 N–H and O–H groups in total. The summed E-state index contributed by atoms with van der Waals surface area (Å²) in [6, 6.07) is 3.66. The summed E-state index contributed by atoms with van der Waals surface area (Å²) in [5.74, 6) is -1.04. The Hall–Kier alpha value is -1.20. The number of carboxylic acid groups (broad SMARTS) is 1. The van der Waals surface area contributed by atoms with Gasteiger partial charge in [0, 0.05) is 10.3 Å². The van der Waals surface area contributed by atoms with Gasteiger partial charge in [-0.1, -0.05) is 0 Å². The second-order valence-corrected chi connectivity index (χ2v) is 4.20. The van der Waals surface area contributed by atoms with Gasteiger partial charge in [-0.15, -0.1) is 0 Å². The van der Waals surface area contributed by atoms with Crippen molar-refractivity contribution in [2.75, 3.05) is 0 Å². The maximum absolute atomic E-state index is 10.9. The Morgan fingerprint density at radius 1 is 1.60 bits per heavy atom. The van der Waals surface area contributed by atoms with Crippen LogP contribution in [0.4, 0.5) is 0 Å². The molecule has 0 saturated carbocycles. The van der Waals surface area contributed by atoms with Gasteiger partial charge in [0.15, 0.2) is 5.69 Å². The molecule has 0 spiro atoms. The van der Waals surface area contributed by atoms with E-state index >= 15 is 0 Å². The maximum Gasteiger partial charge on any atom is 0.357 e. The maximum atomic E-state index is 10.9. The fourth-order valence-electron chi connectivity index (χ4n) is 1.45. The molecule has 4 nitrogen and oxygen atoms in total. The molecule has 2 rings (SSSR count). The Bertz CT molecular complexity index is 538. The minimum atomic E-state index is -1.04. The van der Waals surface area contributed by atoms with Crippen molar-refractivity contribution in [2.45, 2.75) is 11.8 Å². The van der Waals surface area contributed by atoms with Crippen LogP contribution in [0, 0.1) is 6.92 Å². The molecule has 0 aliphatic carbocycles. The number of nitrogens with one attached hydrogen (secondary N) is 1. The average molecular weight is 243 g/mol. The monoisotopic (exact) mass is 242 g/mol. The number of hydrogen-bond acceptors (Lipinski definition) is 3. The van der Waals surface area contributed by atoms with Gasteiger partial charge < -0.3 is 5.11 Å². The number of aromatic carboxylic acids is 1. The van der Waals surface area contributed by atoms with Crippen LogP contribution in [0.3, 0.4) is 0 Å². The lowest BCUT2D eigenvalue weighted by molar-refractivity contribution is 0.0692. The lowest BCUT2D eigenvalue weighted by atomic mass is 10.1. The molecule has 0 fully saturated rings. The van der Waals surface area contributed by atoms with Crippen LogP contribution in [0.2, 0.25) is 0 Å². The molecule has 78 valence electrons. The number of H-pyrrole nitrogens is 1. The number of hydrogen-bond donors (Lipinski definition) is 2. The molecule has 0 bridgehead atoms. The van der Waals surface area contributed by atoms with Gasteiger partial charge in [0.1, 0.15) is 0 Å². The van der Waals surface area contributed by atoms with Gasteiger partial charge in [0.05, 0.1) is 5.52 Å². The highest BCUT2D eigenvalue weighted by atomic mass is 35.7. The van der Waals surface area contributed by atoms with E-state index in [-0.39, 0.29) is 5.69 Å². The predicted molar refractivity (Wildman–Crippen MR) is 59.5 cm³/mol. The number of carbonyl (C=O) groups is 1. The van der Waals surface area contributed by atoms with Gasteiger partial charge in [-0.3, -0.25) is 5.10 Å². The summed E-state index contributed by atoms with van der Waals surface area (Å²) in [5, 5.41) is 15.9. The van der Waals surface area contributed by atoms with Crippen molar-refractivity contribution in [1.82, 2.24) is 10.2 Å². The normalized spacial score (nSPS) is 10.8. The van der Waals surface area contributed by atoms with Gasteiger partial charge in [0.25, 0.3) is 0 Å². The van der Waals surface area contributed by atoms with Gasteiger partial charge in [0.2, 0.25) is 0 Å². The highest BCUT2D eigenvalue weighted by Crippen LogP contribution is 2.31. The zero-order valence-corrected chi connectivity index (χ0v) is 9.32. The zero-order chi connectivity index (χ0) is 11.0. The number of carboxylic acids is 1. The third-order valence-corrected chi connectivity index (χ3v) is 3.05. The molecule has 0 radical (unpaired) electrons. The highest BCUT2D eigenvalue weighted by molar-refractivity contribution is 8.21. The first-order chi connectivity index (χ1) is 7.13. The molecule has 0 unspecified atom stereocenters. The number of aryl methyl sites for hydroxylation is 1. The smallest absolute Gasteiger partial charge is 0.357 e. The molecular weight excluding hydrogens is 236 g/mol. The third kappa shape index (κ3) is 1.68. The van der Waals surface area contributed by atoms with Crippen molar-refractivity contribution < 1.29 is 9.90 Å². The molecule has 0 aliphatic heterocycles. The van der Waals surface area contributed by atoms with Crippen LogP contribution in [0.5, 0.6) is 0 Å². The Morgan fingerprint density at radius 2 is 2.33 bits per heavy atom. The van der Waals surface area contributed by atoms with E-state index < -0.39 is 5.97 Å². The topological polar surface area (TPSA) is 66.0 Å². The van der Waals surface area contributed by atoms with Crippen LogP contribution in [-0.4, -0.2) is 21.3 Å². The molecular formula is C9H7ClN2O2S. The first-order valence-corrected chi connectivity index (χ1v) is 5.78. The summed E-state index contributed by atoms with van der Waals surface area (Å²) in [7, 11) is 6.73. The van der Waals surface area contributed by atoms with Crippen LogP contribution >= 0.6 is 21.7 Å². The van der Waals surface area contributed by atoms with Crippen molar-refractivity contribution in [3.8, 4) is 0 Å².